The number of benzene rings is 6. The van der Waals surface area contributed by atoms with E-state index < -0.39 is 0 Å². The van der Waals surface area contributed by atoms with E-state index >= 15 is 0 Å². The molecule has 0 saturated heterocycles. The lowest BCUT2D eigenvalue weighted by molar-refractivity contribution is 1.18. The fourth-order valence-corrected chi connectivity index (χ4v) is 6.26. The Hall–Kier alpha value is -5.93. The second kappa shape index (κ2) is 11.0. The molecule has 0 saturated carbocycles. The average Bonchev–Trinajstić information content (AvgIpc) is 3.45. The van der Waals surface area contributed by atoms with Crippen molar-refractivity contribution in [3.8, 4) is 27.9 Å². The van der Waals surface area contributed by atoms with Gasteiger partial charge in [-0.25, -0.2) is 0 Å². The molecule has 0 radical (unpaired) electrons. The summed E-state index contributed by atoms with van der Waals surface area (Å²) >= 11 is 0. The maximum absolute atomic E-state index is 4.35. The van der Waals surface area contributed by atoms with Crippen LogP contribution in [0.25, 0.3) is 49.7 Å². The molecule has 0 amide bonds. The standard InChI is InChI=1S/C41H29N3/c1-3-12-30(13-4-1)31-23-25-35(26-24-31)43(34-16-5-2-6-17-34)39-21-10-22-40-41(39)37-19-7-8-20-38(37)44(40)36-18-9-14-32(28-36)33-15-11-27-42-29-33/h1-29H. The van der Waals surface area contributed by atoms with E-state index in [4.69, 9.17) is 0 Å². The van der Waals surface area contributed by atoms with E-state index in [-0.39, 0.29) is 0 Å². The summed E-state index contributed by atoms with van der Waals surface area (Å²) in [6.45, 7) is 0. The quantitative estimate of drug-likeness (QED) is 0.201. The van der Waals surface area contributed by atoms with Gasteiger partial charge >= 0.3 is 0 Å². The highest BCUT2D eigenvalue weighted by Gasteiger charge is 2.21. The summed E-state index contributed by atoms with van der Waals surface area (Å²) in [4.78, 5) is 6.73. The van der Waals surface area contributed by atoms with E-state index in [1.54, 1.807) is 0 Å². The van der Waals surface area contributed by atoms with Crippen molar-refractivity contribution in [1.82, 2.24) is 9.55 Å². The minimum Gasteiger partial charge on any atom is -0.310 e. The maximum Gasteiger partial charge on any atom is 0.0562 e. The number of hydrogen-bond donors (Lipinski definition) is 0. The van der Waals surface area contributed by atoms with Crippen molar-refractivity contribution in [3.63, 3.8) is 0 Å². The van der Waals surface area contributed by atoms with E-state index in [1.165, 1.54) is 27.4 Å². The molecule has 2 heterocycles. The number of nitrogens with zero attached hydrogens (tertiary/aromatic N) is 3. The van der Waals surface area contributed by atoms with Gasteiger partial charge in [0.2, 0.25) is 0 Å². The van der Waals surface area contributed by atoms with Crippen LogP contribution < -0.4 is 4.90 Å². The smallest absolute Gasteiger partial charge is 0.0562 e. The summed E-state index contributed by atoms with van der Waals surface area (Å²) in [5.41, 5.74) is 11.5. The molecular formula is C41H29N3. The van der Waals surface area contributed by atoms with Gasteiger partial charge in [0, 0.05) is 45.8 Å². The number of hydrogen-bond acceptors (Lipinski definition) is 2. The van der Waals surface area contributed by atoms with Gasteiger partial charge in [-0.05, 0) is 77.4 Å². The van der Waals surface area contributed by atoms with Gasteiger partial charge < -0.3 is 9.47 Å². The Morgan fingerprint density at radius 1 is 0.455 bits per heavy atom. The largest absolute Gasteiger partial charge is 0.310 e. The lowest BCUT2D eigenvalue weighted by atomic mass is 10.0. The first kappa shape index (κ1) is 25.8. The predicted octanol–water partition coefficient (Wildman–Crippen LogP) is 11.0. The molecular weight excluding hydrogens is 534 g/mol. The molecule has 8 rings (SSSR count). The van der Waals surface area contributed by atoms with Gasteiger partial charge in [0.15, 0.2) is 0 Å². The highest BCUT2D eigenvalue weighted by molar-refractivity contribution is 6.16. The number of aromatic nitrogens is 2. The molecule has 0 aliphatic heterocycles. The molecule has 208 valence electrons. The Bertz CT molecular complexity index is 2200. The van der Waals surface area contributed by atoms with Gasteiger partial charge in [-0.1, -0.05) is 103 Å². The van der Waals surface area contributed by atoms with Crippen molar-refractivity contribution < 1.29 is 0 Å². The first-order valence-electron chi connectivity index (χ1n) is 14.9. The minimum atomic E-state index is 1.10. The minimum absolute atomic E-state index is 1.10. The third-order valence-corrected chi connectivity index (χ3v) is 8.26. The van der Waals surface area contributed by atoms with E-state index in [0.717, 1.165) is 39.4 Å². The highest BCUT2D eigenvalue weighted by atomic mass is 15.1. The average molecular weight is 564 g/mol. The fraction of sp³-hybridized carbons (Fsp3) is 0. The lowest BCUT2D eigenvalue weighted by Gasteiger charge is -2.26. The van der Waals surface area contributed by atoms with Gasteiger partial charge in [0.05, 0.1) is 16.7 Å². The predicted molar refractivity (Wildman–Crippen MR) is 184 cm³/mol. The molecule has 0 atom stereocenters. The maximum atomic E-state index is 4.35. The molecule has 0 N–H and O–H groups in total. The Morgan fingerprint density at radius 2 is 1.09 bits per heavy atom. The monoisotopic (exact) mass is 563 g/mol. The Balaban J connectivity index is 1.35. The van der Waals surface area contributed by atoms with Crippen LogP contribution in [0.5, 0.6) is 0 Å². The molecule has 44 heavy (non-hydrogen) atoms. The molecule has 0 bridgehead atoms. The van der Waals surface area contributed by atoms with Gasteiger partial charge in [0.1, 0.15) is 0 Å². The second-order valence-corrected chi connectivity index (χ2v) is 10.9. The lowest BCUT2D eigenvalue weighted by Crippen LogP contribution is -2.10. The van der Waals surface area contributed by atoms with E-state index in [2.05, 4.69) is 172 Å². The molecule has 3 heteroatoms. The first-order chi connectivity index (χ1) is 21.8. The van der Waals surface area contributed by atoms with E-state index in [0.29, 0.717) is 0 Å². The Morgan fingerprint density at radius 3 is 1.89 bits per heavy atom. The number of rotatable bonds is 6. The molecule has 8 aromatic rings. The Labute approximate surface area is 256 Å². The Kier molecular flexibility index (Phi) is 6.47. The molecule has 0 spiro atoms. The van der Waals surface area contributed by atoms with E-state index in [1.807, 2.05) is 18.5 Å². The van der Waals surface area contributed by atoms with Gasteiger partial charge in [-0.2, -0.15) is 0 Å². The first-order valence-corrected chi connectivity index (χ1v) is 14.9. The molecule has 3 nitrogen and oxygen atoms in total. The third-order valence-electron chi connectivity index (χ3n) is 8.26. The molecule has 0 unspecified atom stereocenters. The molecule has 6 aromatic carbocycles. The van der Waals surface area contributed by atoms with Crippen LogP contribution in [0.1, 0.15) is 0 Å². The fourth-order valence-electron chi connectivity index (χ4n) is 6.26. The van der Waals surface area contributed by atoms with Crippen LogP contribution in [0.4, 0.5) is 17.1 Å². The van der Waals surface area contributed by atoms with Gasteiger partial charge in [0.25, 0.3) is 0 Å². The van der Waals surface area contributed by atoms with Crippen LogP contribution >= 0.6 is 0 Å². The van der Waals surface area contributed by atoms with Crippen molar-refractivity contribution >= 4 is 38.9 Å². The van der Waals surface area contributed by atoms with Crippen LogP contribution in [-0.4, -0.2) is 9.55 Å². The van der Waals surface area contributed by atoms with Crippen LogP contribution in [0, 0.1) is 0 Å². The summed E-state index contributed by atoms with van der Waals surface area (Å²) in [6.07, 6.45) is 3.74. The number of pyridine rings is 1. The zero-order valence-corrected chi connectivity index (χ0v) is 24.1. The molecule has 0 fully saturated rings. The van der Waals surface area contributed by atoms with E-state index in [9.17, 15) is 0 Å². The van der Waals surface area contributed by atoms with Crippen molar-refractivity contribution in [2.75, 3.05) is 4.90 Å². The molecule has 0 aliphatic carbocycles. The van der Waals surface area contributed by atoms with Crippen molar-refractivity contribution in [3.05, 3.63) is 176 Å². The summed E-state index contributed by atoms with van der Waals surface area (Å²) in [7, 11) is 0. The summed E-state index contributed by atoms with van der Waals surface area (Å²) < 4.78 is 2.38. The second-order valence-electron chi connectivity index (χ2n) is 10.9. The SMILES string of the molecule is c1ccc(-c2ccc(N(c3ccccc3)c3cccc4c3c3ccccc3n4-c3cccc(-c4cccnc4)c3)cc2)cc1. The van der Waals surface area contributed by atoms with Crippen molar-refractivity contribution in [2.24, 2.45) is 0 Å². The number of para-hydroxylation sites is 2. The van der Waals surface area contributed by atoms with Crippen LogP contribution in [0.3, 0.4) is 0 Å². The summed E-state index contributed by atoms with van der Waals surface area (Å²) in [5, 5.41) is 2.43. The molecule has 2 aromatic heterocycles. The highest BCUT2D eigenvalue weighted by Crippen LogP contribution is 2.44. The zero-order chi connectivity index (χ0) is 29.3. The van der Waals surface area contributed by atoms with Crippen molar-refractivity contribution in [1.29, 1.82) is 0 Å². The van der Waals surface area contributed by atoms with Crippen LogP contribution in [0.2, 0.25) is 0 Å². The third kappa shape index (κ3) is 4.52. The topological polar surface area (TPSA) is 21.1 Å². The van der Waals surface area contributed by atoms with Crippen LogP contribution in [0.15, 0.2) is 176 Å². The van der Waals surface area contributed by atoms with Crippen LogP contribution in [-0.2, 0) is 0 Å². The number of anilines is 3. The molecule has 0 aliphatic rings. The van der Waals surface area contributed by atoms with Gasteiger partial charge in [-0.3, -0.25) is 4.98 Å². The zero-order valence-electron chi connectivity index (χ0n) is 24.1. The summed E-state index contributed by atoms with van der Waals surface area (Å²) in [5.74, 6) is 0. The normalized spacial score (nSPS) is 11.2. The van der Waals surface area contributed by atoms with Crippen molar-refractivity contribution in [2.45, 2.75) is 0 Å². The summed E-state index contributed by atoms with van der Waals surface area (Å²) in [6, 6.07) is 58.3. The number of fused-ring (bicyclic) bond motifs is 3. The van der Waals surface area contributed by atoms with Gasteiger partial charge in [-0.15, -0.1) is 0 Å².